The molecule has 1 nitrogen and oxygen atoms in total. The van der Waals surface area contributed by atoms with Crippen molar-refractivity contribution < 1.29 is 4.74 Å². The molecule has 0 aromatic heterocycles. The molecule has 0 saturated heterocycles. The SMILES string of the molecule is [CH2]CC(OCCCc1ccccc1)c1ccccc1. The molecule has 1 atom stereocenters. The molecule has 2 rings (SSSR count). The molecule has 0 saturated carbocycles. The summed E-state index contributed by atoms with van der Waals surface area (Å²) >= 11 is 0. The molecule has 0 aliphatic heterocycles. The van der Waals surface area contributed by atoms with Gasteiger partial charge in [0.1, 0.15) is 0 Å². The van der Waals surface area contributed by atoms with Gasteiger partial charge in [-0.2, -0.15) is 0 Å². The van der Waals surface area contributed by atoms with E-state index in [9.17, 15) is 0 Å². The molecule has 19 heavy (non-hydrogen) atoms. The summed E-state index contributed by atoms with van der Waals surface area (Å²) in [6, 6.07) is 20.9. The molecule has 2 aromatic rings. The van der Waals surface area contributed by atoms with Crippen molar-refractivity contribution in [2.75, 3.05) is 6.61 Å². The van der Waals surface area contributed by atoms with Crippen LogP contribution >= 0.6 is 0 Å². The van der Waals surface area contributed by atoms with Gasteiger partial charge in [-0.15, -0.1) is 0 Å². The minimum absolute atomic E-state index is 0.122. The van der Waals surface area contributed by atoms with Gasteiger partial charge < -0.3 is 4.74 Å². The summed E-state index contributed by atoms with van der Waals surface area (Å²) in [5.74, 6) is 0. The van der Waals surface area contributed by atoms with Crippen molar-refractivity contribution in [3.63, 3.8) is 0 Å². The van der Waals surface area contributed by atoms with Crippen LogP contribution in [0.1, 0.15) is 30.1 Å². The number of benzene rings is 2. The van der Waals surface area contributed by atoms with Crippen LogP contribution in [0.5, 0.6) is 0 Å². The molecule has 2 aromatic carbocycles. The van der Waals surface area contributed by atoms with Crippen molar-refractivity contribution in [3.05, 3.63) is 78.7 Å². The van der Waals surface area contributed by atoms with E-state index in [4.69, 9.17) is 4.74 Å². The highest BCUT2D eigenvalue weighted by Gasteiger charge is 2.08. The molecule has 0 aliphatic carbocycles. The van der Waals surface area contributed by atoms with E-state index in [2.05, 4.69) is 43.3 Å². The predicted molar refractivity (Wildman–Crippen MR) is 79.9 cm³/mol. The first kappa shape index (κ1) is 13.8. The predicted octanol–water partition coefficient (Wildman–Crippen LogP) is 4.60. The molecule has 0 heterocycles. The van der Waals surface area contributed by atoms with Gasteiger partial charge in [0.2, 0.25) is 0 Å². The van der Waals surface area contributed by atoms with E-state index in [0.29, 0.717) is 0 Å². The van der Waals surface area contributed by atoms with Crippen LogP contribution in [-0.2, 0) is 11.2 Å². The molecule has 1 heteroatoms. The van der Waals surface area contributed by atoms with Crippen molar-refractivity contribution in [1.82, 2.24) is 0 Å². The second-order valence-electron chi connectivity index (χ2n) is 4.65. The van der Waals surface area contributed by atoms with Gasteiger partial charge in [0.15, 0.2) is 0 Å². The Morgan fingerprint density at radius 3 is 2.16 bits per heavy atom. The van der Waals surface area contributed by atoms with Gasteiger partial charge in [0.05, 0.1) is 6.10 Å². The fourth-order valence-corrected chi connectivity index (χ4v) is 2.16. The van der Waals surface area contributed by atoms with E-state index in [-0.39, 0.29) is 6.10 Å². The van der Waals surface area contributed by atoms with E-state index in [1.165, 1.54) is 11.1 Å². The Morgan fingerprint density at radius 2 is 1.53 bits per heavy atom. The molecular weight excluding hydrogens is 232 g/mol. The molecule has 0 amide bonds. The topological polar surface area (TPSA) is 9.23 Å². The summed E-state index contributed by atoms with van der Waals surface area (Å²) in [4.78, 5) is 0. The zero-order valence-electron chi connectivity index (χ0n) is 11.3. The standard InChI is InChI=1S/C18H21O/c1-2-18(17-13-7-4-8-14-17)19-15-9-12-16-10-5-3-6-11-16/h3-8,10-11,13-14,18H,1-2,9,12,15H2. The second kappa shape index (κ2) is 7.75. The van der Waals surface area contributed by atoms with Gasteiger partial charge in [-0.05, 0) is 30.4 Å². The number of rotatable bonds is 7. The molecule has 0 fully saturated rings. The van der Waals surface area contributed by atoms with Gasteiger partial charge in [-0.1, -0.05) is 67.6 Å². The average molecular weight is 253 g/mol. The number of ether oxygens (including phenoxy) is 1. The Labute approximate surface area is 116 Å². The molecule has 0 N–H and O–H groups in total. The van der Waals surface area contributed by atoms with E-state index in [0.717, 1.165) is 25.9 Å². The normalized spacial score (nSPS) is 12.3. The molecule has 0 bridgehead atoms. The van der Waals surface area contributed by atoms with E-state index in [1.807, 2.05) is 24.3 Å². The lowest BCUT2D eigenvalue weighted by Crippen LogP contribution is -2.05. The number of hydrogen-bond donors (Lipinski definition) is 0. The Balaban J connectivity index is 1.75. The molecule has 99 valence electrons. The molecule has 0 spiro atoms. The lowest BCUT2D eigenvalue weighted by molar-refractivity contribution is 0.0527. The lowest BCUT2D eigenvalue weighted by atomic mass is 10.1. The van der Waals surface area contributed by atoms with Crippen LogP contribution < -0.4 is 0 Å². The van der Waals surface area contributed by atoms with Crippen molar-refractivity contribution >= 4 is 0 Å². The van der Waals surface area contributed by atoms with Crippen LogP contribution in [0.4, 0.5) is 0 Å². The smallest absolute Gasteiger partial charge is 0.0824 e. The summed E-state index contributed by atoms with van der Waals surface area (Å²) in [6.07, 6.45) is 3.01. The maximum atomic E-state index is 5.94. The third-order valence-electron chi connectivity index (χ3n) is 3.21. The van der Waals surface area contributed by atoms with Crippen LogP contribution in [0.2, 0.25) is 0 Å². The zero-order chi connectivity index (χ0) is 13.3. The molecule has 0 aliphatic rings. The van der Waals surface area contributed by atoms with E-state index >= 15 is 0 Å². The summed E-state index contributed by atoms with van der Waals surface area (Å²) in [5, 5.41) is 0. The summed E-state index contributed by atoms with van der Waals surface area (Å²) in [5.41, 5.74) is 2.59. The minimum atomic E-state index is 0.122. The largest absolute Gasteiger partial charge is 0.374 e. The maximum absolute atomic E-state index is 5.94. The first-order valence-corrected chi connectivity index (χ1v) is 6.90. The fraction of sp³-hybridized carbons (Fsp3) is 0.278. The third kappa shape index (κ3) is 4.53. The second-order valence-corrected chi connectivity index (χ2v) is 4.65. The number of hydrogen-bond acceptors (Lipinski definition) is 1. The van der Waals surface area contributed by atoms with E-state index in [1.54, 1.807) is 0 Å². The molecule has 1 unspecified atom stereocenters. The van der Waals surface area contributed by atoms with Gasteiger partial charge in [-0.3, -0.25) is 0 Å². The first-order chi connectivity index (χ1) is 9.40. The van der Waals surface area contributed by atoms with Crippen LogP contribution in [0.3, 0.4) is 0 Å². The quantitative estimate of drug-likeness (QED) is 0.655. The molecule has 1 radical (unpaired) electrons. The Bertz CT molecular complexity index is 450. The van der Waals surface area contributed by atoms with Crippen molar-refractivity contribution in [1.29, 1.82) is 0 Å². The fourth-order valence-electron chi connectivity index (χ4n) is 2.16. The third-order valence-corrected chi connectivity index (χ3v) is 3.21. The lowest BCUT2D eigenvalue weighted by Gasteiger charge is -2.16. The van der Waals surface area contributed by atoms with Gasteiger partial charge >= 0.3 is 0 Å². The summed E-state index contributed by atoms with van der Waals surface area (Å²) in [7, 11) is 0. The summed E-state index contributed by atoms with van der Waals surface area (Å²) in [6.45, 7) is 4.76. The minimum Gasteiger partial charge on any atom is -0.374 e. The average Bonchev–Trinajstić information content (AvgIpc) is 2.49. The highest BCUT2D eigenvalue weighted by atomic mass is 16.5. The summed E-state index contributed by atoms with van der Waals surface area (Å²) < 4.78 is 5.94. The van der Waals surface area contributed by atoms with Crippen LogP contribution in [0.15, 0.2) is 60.7 Å². The van der Waals surface area contributed by atoms with E-state index < -0.39 is 0 Å². The number of aryl methyl sites for hydroxylation is 1. The monoisotopic (exact) mass is 253 g/mol. The van der Waals surface area contributed by atoms with Gasteiger partial charge in [-0.25, -0.2) is 0 Å². The highest BCUT2D eigenvalue weighted by molar-refractivity contribution is 5.17. The van der Waals surface area contributed by atoms with Gasteiger partial charge in [0, 0.05) is 6.61 Å². The highest BCUT2D eigenvalue weighted by Crippen LogP contribution is 2.20. The molecular formula is C18H21O. The van der Waals surface area contributed by atoms with Crippen LogP contribution in [-0.4, -0.2) is 6.61 Å². The van der Waals surface area contributed by atoms with Crippen molar-refractivity contribution in [2.45, 2.75) is 25.4 Å². The maximum Gasteiger partial charge on any atom is 0.0824 e. The first-order valence-electron chi connectivity index (χ1n) is 6.90. The van der Waals surface area contributed by atoms with Crippen LogP contribution in [0, 0.1) is 6.92 Å². The Morgan fingerprint density at radius 1 is 0.895 bits per heavy atom. The zero-order valence-corrected chi connectivity index (χ0v) is 11.3. The Hall–Kier alpha value is -1.60. The van der Waals surface area contributed by atoms with Crippen molar-refractivity contribution in [3.8, 4) is 0 Å². The van der Waals surface area contributed by atoms with Gasteiger partial charge in [0.25, 0.3) is 0 Å². The Kier molecular flexibility index (Phi) is 5.64. The van der Waals surface area contributed by atoms with Crippen LogP contribution in [0.25, 0.3) is 0 Å². The van der Waals surface area contributed by atoms with Crippen molar-refractivity contribution in [2.24, 2.45) is 0 Å².